The molecule has 0 aromatic heterocycles. The minimum Gasteiger partial charge on any atom is -0.396 e. The molecule has 3 nitrogen and oxygen atoms in total. The van der Waals surface area contributed by atoms with Crippen LogP contribution >= 0.6 is 23.2 Å². The summed E-state index contributed by atoms with van der Waals surface area (Å²) in [6.07, 6.45) is 0.656. The summed E-state index contributed by atoms with van der Waals surface area (Å²) < 4.78 is 0. The third-order valence-corrected chi connectivity index (χ3v) is 3.99. The number of aliphatic hydroxyl groups excluding tert-OH is 1. The van der Waals surface area contributed by atoms with E-state index in [4.69, 9.17) is 23.2 Å². The van der Waals surface area contributed by atoms with Crippen molar-refractivity contribution in [1.82, 2.24) is 10.2 Å². The lowest BCUT2D eigenvalue weighted by Gasteiger charge is -2.35. The Kier molecular flexibility index (Phi) is 5.27. The van der Waals surface area contributed by atoms with Crippen molar-refractivity contribution in [2.45, 2.75) is 12.5 Å². The highest BCUT2D eigenvalue weighted by molar-refractivity contribution is 6.36. The van der Waals surface area contributed by atoms with E-state index in [1.807, 2.05) is 18.2 Å². The van der Waals surface area contributed by atoms with E-state index in [1.165, 1.54) is 0 Å². The van der Waals surface area contributed by atoms with Gasteiger partial charge in [0.1, 0.15) is 0 Å². The Morgan fingerprint density at radius 3 is 2.39 bits per heavy atom. The maximum absolute atomic E-state index is 9.28. The van der Waals surface area contributed by atoms with E-state index < -0.39 is 0 Å². The second-order valence-electron chi connectivity index (χ2n) is 4.45. The molecule has 1 aliphatic rings. The number of nitrogens with zero attached hydrogens (tertiary/aromatic N) is 1. The zero-order valence-corrected chi connectivity index (χ0v) is 11.7. The number of benzene rings is 1. The van der Waals surface area contributed by atoms with Crippen LogP contribution in [0.2, 0.25) is 10.0 Å². The number of nitrogens with one attached hydrogen (secondary N) is 1. The Morgan fingerprint density at radius 1 is 1.22 bits per heavy atom. The van der Waals surface area contributed by atoms with Gasteiger partial charge in [0.15, 0.2) is 0 Å². The molecule has 100 valence electrons. The fraction of sp³-hybridized carbons (Fsp3) is 0.538. The lowest BCUT2D eigenvalue weighted by molar-refractivity contribution is 0.141. The number of rotatable bonds is 4. The first kappa shape index (κ1) is 14.1. The molecule has 1 aromatic rings. The minimum absolute atomic E-state index is 0.0956. The van der Waals surface area contributed by atoms with Gasteiger partial charge in [-0.1, -0.05) is 29.3 Å². The van der Waals surface area contributed by atoms with Gasteiger partial charge < -0.3 is 10.4 Å². The van der Waals surface area contributed by atoms with Gasteiger partial charge in [0.2, 0.25) is 0 Å². The van der Waals surface area contributed by atoms with Crippen LogP contribution in [0.1, 0.15) is 18.0 Å². The van der Waals surface area contributed by atoms with Gasteiger partial charge in [-0.3, -0.25) is 4.90 Å². The lowest BCUT2D eigenvalue weighted by Crippen LogP contribution is -2.45. The van der Waals surface area contributed by atoms with Crippen molar-refractivity contribution in [3.8, 4) is 0 Å². The molecule has 1 saturated heterocycles. The Morgan fingerprint density at radius 2 is 1.83 bits per heavy atom. The van der Waals surface area contributed by atoms with Gasteiger partial charge in [-0.15, -0.1) is 0 Å². The molecule has 0 unspecified atom stereocenters. The first-order chi connectivity index (χ1) is 8.74. The molecule has 2 N–H and O–H groups in total. The number of halogens is 2. The monoisotopic (exact) mass is 288 g/mol. The second-order valence-corrected chi connectivity index (χ2v) is 5.26. The molecule has 2 rings (SSSR count). The van der Waals surface area contributed by atoms with Crippen LogP contribution in [0.3, 0.4) is 0 Å². The molecule has 1 aromatic carbocycles. The number of hydrogen-bond donors (Lipinski definition) is 2. The van der Waals surface area contributed by atoms with Gasteiger partial charge in [-0.25, -0.2) is 0 Å². The standard InChI is InChI=1S/C13H18Cl2N2O/c14-10-2-1-3-11(15)13(10)12(4-9-18)17-7-5-16-6-8-17/h1-3,12,16,18H,4-9H2/t12-/m0/s1. The molecule has 0 amide bonds. The third kappa shape index (κ3) is 3.16. The van der Waals surface area contributed by atoms with Crippen molar-refractivity contribution in [2.75, 3.05) is 32.8 Å². The van der Waals surface area contributed by atoms with E-state index in [0.29, 0.717) is 16.5 Å². The normalized spacial score (nSPS) is 18.8. The van der Waals surface area contributed by atoms with Crippen molar-refractivity contribution in [3.63, 3.8) is 0 Å². The zero-order chi connectivity index (χ0) is 13.0. The van der Waals surface area contributed by atoms with E-state index in [2.05, 4.69) is 10.2 Å². The van der Waals surface area contributed by atoms with Gasteiger partial charge in [-0.05, 0) is 18.6 Å². The average molecular weight is 289 g/mol. The van der Waals surface area contributed by atoms with Crippen molar-refractivity contribution in [3.05, 3.63) is 33.8 Å². The molecule has 0 aliphatic carbocycles. The van der Waals surface area contributed by atoms with Gasteiger partial charge in [-0.2, -0.15) is 0 Å². The first-order valence-corrected chi connectivity index (χ1v) is 6.99. The molecule has 5 heteroatoms. The van der Waals surface area contributed by atoms with Crippen molar-refractivity contribution < 1.29 is 5.11 Å². The highest BCUT2D eigenvalue weighted by atomic mass is 35.5. The Bertz CT molecular complexity index is 374. The van der Waals surface area contributed by atoms with E-state index in [1.54, 1.807) is 0 Å². The minimum atomic E-state index is 0.0956. The summed E-state index contributed by atoms with van der Waals surface area (Å²) in [6.45, 7) is 3.96. The molecular weight excluding hydrogens is 271 g/mol. The molecular formula is C13H18Cl2N2O. The van der Waals surface area contributed by atoms with Crippen LogP contribution in [0, 0.1) is 0 Å². The van der Waals surface area contributed by atoms with Crippen LogP contribution in [-0.2, 0) is 0 Å². The van der Waals surface area contributed by atoms with E-state index >= 15 is 0 Å². The smallest absolute Gasteiger partial charge is 0.0468 e. The summed E-state index contributed by atoms with van der Waals surface area (Å²) in [7, 11) is 0. The van der Waals surface area contributed by atoms with Gasteiger partial charge in [0, 0.05) is 54.4 Å². The van der Waals surface area contributed by atoms with Crippen LogP contribution in [0.15, 0.2) is 18.2 Å². The number of aliphatic hydroxyl groups is 1. The lowest BCUT2D eigenvalue weighted by atomic mass is 10.0. The summed E-state index contributed by atoms with van der Waals surface area (Å²) in [4.78, 5) is 2.33. The fourth-order valence-corrected chi connectivity index (χ4v) is 3.10. The zero-order valence-electron chi connectivity index (χ0n) is 10.2. The summed E-state index contributed by atoms with van der Waals surface area (Å²) in [5.41, 5.74) is 0.941. The van der Waals surface area contributed by atoms with Crippen LogP contribution < -0.4 is 5.32 Å². The average Bonchev–Trinajstić information content (AvgIpc) is 2.38. The van der Waals surface area contributed by atoms with E-state index in [-0.39, 0.29) is 12.6 Å². The van der Waals surface area contributed by atoms with Crippen LogP contribution in [-0.4, -0.2) is 42.8 Å². The Balaban J connectivity index is 2.28. The van der Waals surface area contributed by atoms with Crippen LogP contribution in [0.5, 0.6) is 0 Å². The summed E-state index contributed by atoms with van der Waals surface area (Å²) in [5, 5.41) is 14.0. The molecule has 1 atom stereocenters. The van der Waals surface area contributed by atoms with Crippen LogP contribution in [0.4, 0.5) is 0 Å². The maximum atomic E-state index is 9.28. The molecule has 1 fully saturated rings. The van der Waals surface area contributed by atoms with Crippen molar-refractivity contribution in [2.24, 2.45) is 0 Å². The highest BCUT2D eigenvalue weighted by Gasteiger charge is 2.25. The number of piperazine rings is 1. The Hall–Kier alpha value is -0.320. The van der Waals surface area contributed by atoms with Crippen LogP contribution in [0.25, 0.3) is 0 Å². The predicted molar refractivity (Wildman–Crippen MR) is 75.3 cm³/mol. The van der Waals surface area contributed by atoms with E-state index in [0.717, 1.165) is 31.7 Å². The predicted octanol–water partition coefficient (Wildman–Crippen LogP) is 2.32. The molecule has 1 aliphatic heterocycles. The van der Waals surface area contributed by atoms with Gasteiger partial charge in [0.05, 0.1) is 0 Å². The maximum Gasteiger partial charge on any atom is 0.0468 e. The third-order valence-electron chi connectivity index (χ3n) is 3.33. The Labute approximate surface area is 118 Å². The number of hydrogen-bond acceptors (Lipinski definition) is 3. The first-order valence-electron chi connectivity index (χ1n) is 6.23. The molecule has 18 heavy (non-hydrogen) atoms. The largest absolute Gasteiger partial charge is 0.396 e. The highest BCUT2D eigenvalue weighted by Crippen LogP contribution is 2.35. The van der Waals surface area contributed by atoms with Gasteiger partial charge in [0.25, 0.3) is 0 Å². The molecule has 0 radical (unpaired) electrons. The second kappa shape index (κ2) is 6.73. The molecule has 0 bridgehead atoms. The van der Waals surface area contributed by atoms with Crippen molar-refractivity contribution in [1.29, 1.82) is 0 Å². The van der Waals surface area contributed by atoms with E-state index in [9.17, 15) is 5.11 Å². The molecule has 0 spiro atoms. The molecule has 0 saturated carbocycles. The quantitative estimate of drug-likeness (QED) is 0.893. The topological polar surface area (TPSA) is 35.5 Å². The van der Waals surface area contributed by atoms with Crippen molar-refractivity contribution >= 4 is 23.2 Å². The SMILES string of the molecule is OCC[C@@H](c1c(Cl)cccc1Cl)N1CCNCC1. The summed E-state index contributed by atoms with van der Waals surface area (Å²) in [6, 6.07) is 5.66. The molecule has 1 heterocycles. The van der Waals surface area contributed by atoms with Gasteiger partial charge >= 0.3 is 0 Å². The summed E-state index contributed by atoms with van der Waals surface area (Å²) in [5.74, 6) is 0. The fourth-order valence-electron chi connectivity index (χ4n) is 2.45. The summed E-state index contributed by atoms with van der Waals surface area (Å²) >= 11 is 12.5.